The third-order valence-corrected chi connectivity index (χ3v) is 4.33. The number of halogens is 1. The first-order valence-electron chi connectivity index (χ1n) is 7.90. The monoisotopic (exact) mass is 343 g/mol. The molecule has 2 aromatic carbocycles. The minimum Gasteiger partial charge on any atom is -0.427 e. The van der Waals surface area contributed by atoms with Crippen LogP contribution >= 0.6 is 11.6 Å². The Labute approximate surface area is 146 Å². The second-order valence-electron chi connectivity index (χ2n) is 5.81. The van der Waals surface area contributed by atoms with Crippen LogP contribution in [0.1, 0.15) is 37.8 Å². The molecule has 1 atom stereocenters. The summed E-state index contributed by atoms with van der Waals surface area (Å²) < 4.78 is 5.07. The van der Waals surface area contributed by atoms with Crippen molar-refractivity contribution in [1.29, 1.82) is 0 Å². The Morgan fingerprint density at radius 3 is 2.42 bits per heavy atom. The smallest absolute Gasteiger partial charge is 0.308 e. The summed E-state index contributed by atoms with van der Waals surface area (Å²) in [6.07, 6.45) is 2.30. The number of nitrogens with zero attached hydrogens (tertiary/aromatic N) is 1. The molecule has 1 unspecified atom stereocenters. The normalized spacial score (nSPS) is 17.7. The van der Waals surface area contributed by atoms with E-state index in [0.717, 1.165) is 24.1 Å². The van der Waals surface area contributed by atoms with Crippen LogP contribution in [0.25, 0.3) is 0 Å². The Balaban J connectivity index is 1.90. The molecule has 0 bridgehead atoms. The van der Waals surface area contributed by atoms with Crippen molar-refractivity contribution < 1.29 is 14.3 Å². The van der Waals surface area contributed by atoms with Crippen LogP contribution in [0.15, 0.2) is 48.5 Å². The molecule has 0 spiro atoms. The second kappa shape index (κ2) is 7.05. The zero-order chi connectivity index (χ0) is 17.1. The van der Waals surface area contributed by atoms with E-state index in [0.29, 0.717) is 17.2 Å². The van der Waals surface area contributed by atoms with Gasteiger partial charge in [0, 0.05) is 24.1 Å². The second-order valence-corrected chi connectivity index (χ2v) is 6.25. The van der Waals surface area contributed by atoms with Gasteiger partial charge < -0.3 is 9.64 Å². The Bertz CT molecular complexity index is 740. The predicted molar refractivity (Wildman–Crippen MR) is 93.3 cm³/mol. The van der Waals surface area contributed by atoms with E-state index in [2.05, 4.69) is 0 Å². The fraction of sp³-hybridized carbons (Fsp3) is 0.263. The molecular weight excluding hydrogens is 326 g/mol. The Kier molecular flexibility index (Phi) is 4.86. The highest BCUT2D eigenvalue weighted by atomic mass is 35.5. The molecule has 4 nitrogen and oxygen atoms in total. The predicted octanol–water partition coefficient (Wildman–Crippen LogP) is 4.52. The van der Waals surface area contributed by atoms with Crippen molar-refractivity contribution in [2.45, 2.75) is 32.2 Å². The molecule has 1 heterocycles. The van der Waals surface area contributed by atoms with Gasteiger partial charge in [0.2, 0.25) is 5.91 Å². The lowest BCUT2D eigenvalue weighted by molar-refractivity contribution is -0.131. The van der Waals surface area contributed by atoms with Crippen LogP contribution in [-0.2, 0) is 9.59 Å². The molecule has 0 aliphatic carbocycles. The molecule has 0 saturated carbocycles. The number of esters is 1. The molecule has 1 amide bonds. The fourth-order valence-electron chi connectivity index (χ4n) is 3.04. The van der Waals surface area contributed by atoms with Crippen LogP contribution < -0.4 is 9.64 Å². The zero-order valence-electron chi connectivity index (χ0n) is 13.4. The Hall–Kier alpha value is -2.33. The van der Waals surface area contributed by atoms with Gasteiger partial charge in [0.15, 0.2) is 0 Å². The molecule has 1 fully saturated rings. The molecule has 2 aromatic rings. The van der Waals surface area contributed by atoms with Crippen molar-refractivity contribution in [1.82, 2.24) is 0 Å². The maximum absolute atomic E-state index is 12.5. The molecule has 1 saturated heterocycles. The lowest BCUT2D eigenvalue weighted by atomic mass is 9.94. The average molecular weight is 344 g/mol. The van der Waals surface area contributed by atoms with Crippen molar-refractivity contribution in [2.75, 3.05) is 4.90 Å². The van der Waals surface area contributed by atoms with Gasteiger partial charge in [0.05, 0.1) is 6.04 Å². The van der Waals surface area contributed by atoms with E-state index in [1.54, 1.807) is 24.3 Å². The maximum atomic E-state index is 12.5. The molecule has 1 aliphatic rings. The van der Waals surface area contributed by atoms with E-state index in [4.69, 9.17) is 16.3 Å². The van der Waals surface area contributed by atoms with Crippen molar-refractivity contribution in [3.8, 4) is 5.75 Å². The first-order chi connectivity index (χ1) is 11.5. The number of anilines is 1. The van der Waals surface area contributed by atoms with E-state index < -0.39 is 0 Å². The summed E-state index contributed by atoms with van der Waals surface area (Å²) >= 11 is 5.95. The van der Waals surface area contributed by atoms with Gasteiger partial charge in [-0.25, -0.2) is 0 Å². The summed E-state index contributed by atoms with van der Waals surface area (Å²) in [4.78, 5) is 25.4. The standard InChI is InChI=1S/C19H18ClNO3/c1-13(22)24-17-11-5-14(6-12-17)18-3-2-4-19(23)21(18)16-9-7-15(20)8-10-16/h5-12,18H,2-4H2,1H3. The van der Waals surface area contributed by atoms with Crippen molar-refractivity contribution >= 4 is 29.2 Å². The molecule has 5 heteroatoms. The molecule has 124 valence electrons. The molecule has 24 heavy (non-hydrogen) atoms. The van der Waals surface area contributed by atoms with Gasteiger partial charge in [-0.1, -0.05) is 23.7 Å². The molecule has 1 aliphatic heterocycles. The number of piperidine rings is 1. The average Bonchev–Trinajstić information content (AvgIpc) is 2.56. The number of ether oxygens (including phenoxy) is 1. The van der Waals surface area contributed by atoms with Crippen LogP contribution in [0, 0.1) is 0 Å². The summed E-state index contributed by atoms with van der Waals surface area (Å²) in [7, 11) is 0. The van der Waals surface area contributed by atoms with Gasteiger partial charge in [-0.2, -0.15) is 0 Å². The SMILES string of the molecule is CC(=O)Oc1ccc(C2CCCC(=O)N2c2ccc(Cl)cc2)cc1. The van der Waals surface area contributed by atoms with Gasteiger partial charge in [0.1, 0.15) is 5.75 Å². The van der Waals surface area contributed by atoms with Gasteiger partial charge >= 0.3 is 5.97 Å². The third-order valence-electron chi connectivity index (χ3n) is 4.08. The van der Waals surface area contributed by atoms with Gasteiger partial charge in [-0.05, 0) is 54.8 Å². The lowest BCUT2D eigenvalue weighted by Gasteiger charge is -2.36. The minimum atomic E-state index is -0.349. The highest BCUT2D eigenvalue weighted by molar-refractivity contribution is 6.30. The van der Waals surface area contributed by atoms with Crippen molar-refractivity contribution in [3.05, 3.63) is 59.1 Å². The number of rotatable bonds is 3. The quantitative estimate of drug-likeness (QED) is 0.608. The summed E-state index contributed by atoms with van der Waals surface area (Å²) in [5.41, 5.74) is 1.87. The number of benzene rings is 2. The van der Waals surface area contributed by atoms with E-state index in [-0.39, 0.29) is 17.9 Å². The fourth-order valence-corrected chi connectivity index (χ4v) is 3.16. The maximum Gasteiger partial charge on any atom is 0.308 e. The van der Waals surface area contributed by atoms with Crippen LogP contribution in [0.2, 0.25) is 5.02 Å². The number of hydrogen-bond donors (Lipinski definition) is 0. The van der Waals surface area contributed by atoms with Crippen LogP contribution in [0.3, 0.4) is 0 Å². The summed E-state index contributed by atoms with van der Waals surface area (Å²) in [6, 6.07) is 14.6. The van der Waals surface area contributed by atoms with E-state index >= 15 is 0 Å². The highest BCUT2D eigenvalue weighted by Crippen LogP contribution is 2.36. The molecule has 0 aromatic heterocycles. The van der Waals surface area contributed by atoms with Gasteiger partial charge in [-0.3, -0.25) is 9.59 Å². The van der Waals surface area contributed by atoms with Gasteiger partial charge in [-0.15, -0.1) is 0 Å². The number of carbonyl (C=O) groups excluding carboxylic acids is 2. The molecule has 3 rings (SSSR count). The summed E-state index contributed by atoms with van der Waals surface area (Å²) in [5.74, 6) is 0.266. The molecule has 0 N–H and O–H groups in total. The molecule has 0 radical (unpaired) electrons. The van der Waals surface area contributed by atoms with E-state index in [1.165, 1.54) is 6.92 Å². The molecular formula is C19H18ClNO3. The van der Waals surface area contributed by atoms with Crippen LogP contribution in [-0.4, -0.2) is 11.9 Å². The largest absolute Gasteiger partial charge is 0.427 e. The number of amides is 1. The number of hydrogen-bond acceptors (Lipinski definition) is 3. The van der Waals surface area contributed by atoms with Crippen molar-refractivity contribution in [2.24, 2.45) is 0 Å². The minimum absolute atomic E-state index is 0.0289. The Morgan fingerprint density at radius 2 is 1.79 bits per heavy atom. The van der Waals surface area contributed by atoms with E-state index in [1.807, 2.05) is 29.2 Å². The van der Waals surface area contributed by atoms with Crippen LogP contribution in [0.5, 0.6) is 5.75 Å². The number of carbonyl (C=O) groups is 2. The van der Waals surface area contributed by atoms with E-state index in [9.17, 15) is 9.59 Å². The lowest BCUT2D eigenvalue weighted by Crippen LogP contribution is -2.38. The zero-order valence-corrected chi connectivity index (χ0v) is 14.1. The summed E-state index contributed by atoms with van der Waals surface area (Å²) in [6.45, 7) is 1.37. The topological polar surface area (TPSA) is 46.6 Å². The first kappa shape index (κ1) is 16.5. The summed E-state index contributed by atoms with van der Waals surface area (Å²) in [5, 5.41) is 0.644. The van der Waals surface area contributed by atoms with Gasteiger partial charge in [0.25, 0.3) is 0 Å². The third kappa shape index (κ3) is 3.60. The first-order valence-corrected chi connectivity index (χ1v) is 8.28. The Morgan fingerprint density at radius 1 is 1.12 bits per heavy atom. The van der Waals surface area contributed by atoms with Crippen molar-refractivity contribution in [3.63, 3.8) is 0 Å². The van der Waals surface area contributed by atoms with Crippen LogP contribution in [0.4, 0.5) is 5.69 Å². The highest BCUT2D eigenvalue weighted by Gasteiger charge is 2.30.